The van der Waals surface area contributed by atoms with Crippen molar-refractivity contribution in [2.75, 3.05) is 21.9 Å². The lowest BCUT2D eigenvalue weighted by atomic mass is 10.1. The van der Waals surface area contributed by atoms with Gasteiger partial charge in [0.25, 0.3) is 5.91 Å². The monoisotopic (exact) mass is 511 g/mol. The third kappa shape index (κ3) is 5.32. The van der Waals surface area contributed by atoms with E-state index in [1.165, 1.54) is 6.42 Å². The molecule has 0 spiro atoms. The molecule has 1 unspecified atom stereocenters. The SMILES string of the molecule is CCC.O=C(Nc1ccc(Cl)c(-c2nccc3sccc23)c1)c1ccc(N2CCCS2=O)cc1. The fourth-order valence-electron chi connectivity index (χ4n) is 3.67. The first-order valence-electron chi connectivity index (χ1n) is 11.2. The van der Waals surface area contributed by atoms with E-state index < -0.39 is 11.0 Å². The molecule has 0 bridgehead atoms. The summed E-state index contributed by atoms with van der Waals surface area (Å²) in [6.45, 7) is 5.02. The third-order valence-corrected chi connectivity index (χ3v) is 7.94. The van der Waals surface area contributed by atoms with Crippen molar-refractivity contribution in [1.29, 1.82) is 0 Å². The van der Waals surface area contributed by atoms with Crippen molar-refractivity contribution in [2.24, 2.45) is 0 Å². The van der Waals surface area contributed by atoms with E-state index in [0.29, 0.717) is 22.0 Å². The summed E-state index contributed by atoms with van der Waals surface area (Å²) in [6.07, 6.45) is 3.94. The zero-order valence-corrected chi connectivity index (χ0v) is 21.5. The number of carbonyl (C=O) groups excluding carboxylic acids is 1. The maximum Gasteiger partial charge on any atom is 0.255 e. The van der Waals surface area contributed by atoms with Gasteiger partial charge in [-0.3, -0.25) is 14.1 Å². The van der Waals surface area contributed by atoms with Crippen LogP contribution in [0, 0.1) is 0 Å². The molecule has 0 radical (unpaired) electrons. The van der Waals surface area contributed by atoms with Crippen LogP contribution in [0.1, 0.15) is 37.0 Å². The van der Waals surface area contributed by atoms with Crippen molar-refractivity contribution < 1.29 is 9.00 Å². The number of anilines is 2. The zero-order valence-electron chi connectivity index (χ0n) is 19.1. The van der Waals surface area contributed by atoms with Crippen LogP contribution in [-0.4, -0.2) is 27.4 Å². The molecule has 1 N–H and O–H groups in total. The minimum atomic E-state index is -0.976. The van der Waals surface area contributed by atoms with Crippen LogP contribution in [0.25, 0.3) is 21.3 Å². The number of hydrogen-bond donors (Lipinski definition) is 1. The Morgan fingerprint density at radius 3 is 2.62 bits per heavy atom. The number of rotatable bonds is 4. The molecule has 34 heavy (non-hydrogen) atoms. The van der Waals surface area contributed by atoms with Crippen LogP contribution in [0.15, 0.2) is 66.2 Å². The highest BCUT2D eigenvalue weighted by Crippen LogP contribution is 2.35. The number of fused-ring (bicyclic) bond motifs is 1. The topological polar surface area (TPSA) is 62.3 Å². The van der Waals surface area contributed by atoms with Crippen molar-refractivity contribution in [2.45, 2.75) is 26.7 Å². The van der Waals surface area contributed by atoms with Crippen LogP contribution in [-0.2, 0) is 11.0 Å². The molecule has 5 nitrogen and oxygen atoms in total. The first-order valence-corrected chi connectivity index (χ1v) is 13.7. The lowest BCUT2D eigenvalue weighted by Crippen LogP contribution is -2.19. The Labute approximate surface area is 211 Å². The first kappa shape index (κ1) is 24.4. The molecule has 0 saturated carbocycles. The van der Waals surface area contributed by atoms with Gasteiger partial charge in [0.1, 0.15) is 11.0 Å². The van der Waals surface area contributed by atoms with Crippen molar-refractivity contribution >= 4 is 61.3 Å². The Morgan fingerprint density at radius 2 is 1.91 bits per heavy atom. The van der Waals surface area contributed by atoms with Gasteiger partial charge in [0.2, 0.25) is 0 Å². The number of halogens is 1. The van der Waals surface area contributed by atoms with E-state index in [4.69, 9.17) is 11.6 Å². The molecule has 0 aliphatic carbocycles. The number of nitrogens with zero attached hydrogens (tertiary/aromatic N) is 2. The number of amides is 1. The molecule has 3 heterocycles. The summed E-state index contributed by atoms with van der Waals surface area (Å²) in [7, 11) is -0.976. The van der Waals surface area contributed by atoms with E-state index in [-0.39, 0.29) is 5.91 Å². The highest BCUT2D eigenvalue weighted by atomic mass is 35.5. The second kappa shape index (κ2) is 11.1. The Morgan fingerprint density at radius 1 is 1.15 bits per heavy atom. The lowest BCUT2D eigenvalue weighted by Gasteiger charge is -2.16. The average Bonchev–Trinajstić information content (AvgIpc) is 3.50. The predicted molar refractivity (Wildman–Crippen MR) is 145 cm³/mol. The maximum absolute atomic E-state index is 12.8. The second-order valence-corrected chi connectivity index (χ2v) is 10.7. The summed E-state index contributed by atoms with van der Waals surface area (Å²) in [5.41, 5.74) is 3.61. The molecule has 1 amide bonds. The molecule has 5 rings (SSSR count). The Balaban J connectivity index is 0.000000868. The van der Waals surface area contributed by atoms with Gasteiger partial charge in [-0.25, -0.2) is 4.21 Å². The van der Waals surface area contributed by atoms with Gasteiger partial charge in [0, 0.05) is 51.1 Å². The van der Waals surface area contributed by atoms with Crippen molar-refractivity contribution in [3.63, 3.8) is 0 Å². The number of pyridine rings is 1. The number of aromatic nitrogens is 1. The number of hydrogen-bond acceptors (Lipinski definition) is 4. The molecule has 1 aliphatic rings. The van der Waals surface area contributed by atoms with E-state index in [0.717, 1.165) is 40.0 Å². The summed E-state index contributed by atoms with van der Waals surface area (Å²) in [6, 6.07) is 16.6. The van der Waals surface area contributed by atoms with Gasteiger partial charge in [-0.15, -0.1) is 11.3 Å². The fraction of sp³-hybridized carbons (Fsp3) is 0.231. The largest absolute Gasteiger partial charge is 0.322 e. The summed E-state index contributed by atoms with van der Waals surface area (Å²) in [4.78, 5) is 17.3. The normalized spacial score (nSPS) is 15.1. The molecule has 176 valence electrons. The van der Waals surface area contributed by atoms with Gasteiger partial charge in [0.05, 0.1) is 10.7 Å². The molecule has 1 fully saturated rings. The number of benzene rings is 2. The van der Waals surface area contributed by atoms with Gasteiger partial charge in [-0.2, -0.15) is 0 Å². The van der Waals surface area contributed by atoms with E-state index in [9.17, 15) is 9.00 Å². The maximum atomic E-state index is 12.8. The van der Waals surface area contributed by atoms with Gasteiger partial charge < -0.3 is 5.32 Å². The van der Waals surface area contributed by atoms with Gasteiger partial charge in [0.15, 0.2) is 0 Å². The van der Waals surface area contributed by atoms with Gasteiger partial charge in [-0.1, -0.05) is 31.9 Å². The van der Waals surface area contributed by atoms with Crippen molar-refractivity contribution in [3.8, 4) is 11.3 Å². The summed E-state index contributed by atoms with van der Waals surface area (Å²) < 4.78 is 15.0. The molecule has 4 aromatic rings. The molecule has 1 saturated heterocycles. The van der Waals surface area contributed by atoms with E-state index >= 15 is 0 Å². The standard InChI is InChI=1S/C23H18ClN3O2S2.C3H8/c24-20-7-4-16(14-19(20)22-18-9-12-30-21(18)8-10-25-22)26-23(28)15-2-5-17(6-3-15)27-11-1-13-31(27)29;1-3-2/h2-10,12,14H,1,11,13H2,(H,26,28);3H2,1-2H3. The number of nitrogens with one attached hydrogen (secondary N) is 1. The summed E-state index contributed by atoms with van der Waals surface area (Å²) in [5, 5.41) is 6.57. The minimum Gasteiger partial charge on any atom is -0.322 e. The molecular weight excluding hydrogens is 486 g/mol. The molecule has 1 aliphatic heterocycles. The van der Waals surface area contributed by atoms with Gasteiger partial charge in [-0.05, 0) is 66.4 Å². The smallest absolute Gasteiger partial charge is 0.255 e. The Kier molecular flexibility index (Phi) is 7.98. The first-order chi connectivity index (χ1) is 16.5. The Hall–Kier alpha value is -2.74. The van der Waals surface area contributed by atoms with Crippen molar-refractivity contribution in [1.82, 2.24) is 4.98 Å². The summed E-state index contributed by atoms with van der Waals surface area (Å²) in [5.74, 6) is 0.471. The van der Waals surface area contributed by atoms with Crippen LogP contribution in [0.4, 0.5) is 11.4 Å². The van der Waals surface area contributed by atoms with E-state index in [1.807, 2.05) is 40.0 Å². The fourth-order valence-corrected chi connectivity index (χ4v) is 5.94. The number of carbonyl (C=O) groups is 1. The Bertz CT molecular complexity index is 1320. The van der Waals surface area contributed by atoms with E-state index in [1.54, 1.807) is 41.8 Å². The zero-order chi connectivity index (χ0) is 24.1. The van der Waals surface area contributed by atoms with Crippen LogP contribution in [0.2, 0.25) is 5.02 Å². The molecule has 2 aromatic heterocycles. The van der Waals surface area contributed by atoms with E-state index in [2.05, 4.69) is 24.1 Å². The molecule has 2 aromatic carbocycles. The van der Waals surface area contributed by atoms with Crippen LogP contribution < -0.4 is 9.62 Å². The van der Waals surface area contributed by atoms with Crippen LogP contribution in [0.5, 0.6) is 0 Å². The summed E-state index contributed by atoms with van der Waals surface area (Å²) >= 11 is 8.11. The quantitative estimate of drug-likeness (QED) is 0.316. The van der Waals surface area contributed by atoms with Crippen LogP contribution in [0.3, 0.4) is 0 Å². The average molecular weight is 512 g/mol. The number of thiophene rings is 1. The van der Waals surface area contributed by atoms with Crippen LogP contribution >= 0.6 is 22.9 Å². The minimum absolute atomic E-state index is 0.218. The van der Waals surface area contributed by atoms with Crippen molar-refractivity contribution in [3.05, 3.63) is 76.8 Å². The predicted octanol–water partition coefficient (Wildman–Crippen LogP) is 7.16. The molecular formula is C26H26ClN3O2S2. The lowest BCUT2D eigenvalue weighted by molar-refractivity contribution is 0.102. The molecule has 8 heteroatoms. The highest BCUT2D eigenvalue weighted by Gasteiger charge is 2.20. The second-order valence-electron chi connectivity index (χ2n) is 7.88. The highest BCUT2D eigenvalue weighted by molar-refractivity contribution is 7.86. The third-order valence-electron chi connectivity index (χ3n) is 5.20. The molecule has 1 atom stereocenters. The van der Waals surface area contributed by atoms with Gasteiger partial charge >= 0.3 is 0 Å².